The van der Waals surface area contributed by atoms with E-state index in [2.05, 4.69) is 26.0 Å². The van der Waals surface area contributed by atoms with Crippen molar-refractivity contribution in [3.05, 3.63) is 37.1 Å². The Balaban J connectivity index is 2.02. The fraction of sp³-hybridized carbons (Fsp3) is 0.333. The second-order valence-corrected chi connectivity index (χ2v) is 9.33. The van der Waals surface area contributed by atoms with E-state index in [-0.39, 0.29) is 0 Å². The lowest BCUT2D eigenvalue weighted by atomic mass is 10.3. The molecule has 0 aliphatic heterocycles. The molecule has 20 heavy (non-hydrogen) atoms. The van der Waals surface area contributed by atoms with Crippen LogP contribution < -0.4 is 10.0 Å². The molecule has 0 spiro atoms. The van der Waals surface area contributed by atoms with Crippen LogP contribution in [0.25, 0.3) is 0 Å². The normalized spacial score (nSPS) is 11.9. The Morgan fingerprint density at radius 2 is 2.15 bits per heavy atom. The maximum Gasteiger partial charge on any atom is 0.242 e. The van der Waals surface area contributed by atoms with E-state index in [1.54, 1.807) is 17.4 Å². The predicted octanol–water partition coefficient (Wildman–Crippen LogP) is 2.81. The maximum atomic E-state index is 12.2. The highest BCUT2D eigenvalue weighted by molar-refractivity contribution is 9.11. The third-order valence-electron chi connectivity index (χ3n) is 2.59. The van der Waals surface area contributed by atoms with Gasteiger partial charge in [-0.2, -0.15) is 0 Å². The largest absolute Gasteiger partial charge is 0.315 e. The van der Waals surface area contributed by atoms with Gasteiger partial charge in [-0.25, -0.2) is 13.1 Å². The Kier molecular flexibility index (Phi) is 5.76. The van der Waals surface area contributed by atoms with Crippen LogP contribution in [-0.4, -0.2) is 22.0 Å². The minimum atomic E-state index is -3.45. The van der Waals surface area contributed by atoms with E-state index in [0.29, 0.717) is 28.2 Å². The van der Waals surface area contributed by atoms with Crippen molar-refractivity contribution in [2.45, 2.75) is 17.9 Å². The molecule has 2 aromatic rings. The van der Waals surface area contributed by atoms with Gasteiger partial charge in [-0.15, -0.1) is 22.7 Å². The fourth-order valence-electron chi connectivity index (χ4n) is 1.68. The van der Waals surface area contributed by atoms with Gasteiger partial charge in [0.2, 0.25) is 10.0 Å². The summed E-state index contributed by atoms with van der Waals surface area (Å²) in [5.41, 5.74) is 0. The van der Waals surface area contributed by atoms with Gasteiger partial charge in [-0.1, -0.05) is 6.07 Å². The molecule has 0 aromatic carbocycles. The summed E-state index contributed by atoms with van der Waals surface area (Å²) in [5.74, 6) is 0. The van der Waals surface area contributed by atoms with Crippen LogP contribution in [0.5, 0.6) is 0 Å². The Morgan fingerprint density at radius 3 is 2.80 bits per heavy atom. The van der Waals surface area contributed by atoms with E-state index in [0.717, 1.165) is 4.88 Å². The molecule has 0 unspecified atom stereocenters. The molecule has 110 valence electrons. The van der Waals surface area contributed by atoms with Crippen LogP contribution in [0.2, 0.25) is 0 Å². The molecular weight excluding hydrogens is 380 g/mol. The summed E-state index contributed by atoms with van der Waals surface area (Å²) in [6.07, 6.45) is 0.710. The molecule has 8 heteroatoms. The molecule has 2 N–H and O–H groups in total. The Hall–Kier alpha value is -0.250. The Labute approximate surface area is 135 Å². The number of hydrogen-bond donors (Lipinski definition) is 2. The SMILES string of the molecule is CNCc1cc(S(=O)(=O)NCCc2cccs2)c(Br)s1. The zero-order valence-electron chi connectivity index (χ0n) is 10.8. The van der Waals surface area contributed by atoms with Gasteiger partial charge in [0, 0.05) is 22.8 Å². The van der Waals surface area contributed by atoms with E-state index >= 15 is 0 Å². The predicted molar refractivity (Wildman–Crippen MR) is 88.0 cm³/mol. The molecule has 0 bridgehead atoms. The molecule has 2 heterocycles. The number of sulfonamides is 1. The molecule has 0 atom stereocenters. The van der Waals surface area contributed by atoms with Crippen molar-refractivity contribution in [2.24, 2.45) is 0 Å². The quantitative estimate of drug-likeness (QED) is 0.758. The molecule has 2 aromatic heterocycles. The van der Waals surface area contributed by atoms with Gasteiger partial charge in [0.05, 0.1) is 3.79 Å². The highest BCUT2D eigenvalue weighted by atomic mass is 79.9. The molecule has 0 aliphatic rings. The maximum absolute atomic E-state index is 12.2. The third-order valence-corrected chi connectivity index (χ3v) is 7.24. The van der Waals surface area contributed by atoms with Crippen LogP contribution in [0.3, 0.4) is 0 Å². The number of halogens is 1. The molecule has 0 radical (unpaired) electrons. The van der Waals surface area contributed by atoms with Gasteiger partial charge in [0.1, 0.15) is 4.90 Å². The van der Waals surface area contributed by atoms with Crippen molar-refractivity contribution in [2.75, 3.05) is 13.6 Å². The average molecular weight is 395 g/mol. The van der Waals surface area contributed by atoms with Crippen LogP contribution in [0.4, 0.5) is 0 Å². The van der Waals surface area contributed by atoms with E-state index in [9.17, 15) is 8.42 Å². The van der Waals surface area contributed by atoms with E-state index in [1.807, 2.05) is 24.6 Å². The summed E-state index contributed by atoms with van der Waals surface area (Å²) in [6.45, 7) is 1.07. The second-order valence-electron chi connectivity index (χ2n) is 4.11. The summed E-state index contributed by atoms with van der Waals surface area (Å²) >= 11 is 6.39. The monoisotopic (exact) mass is 394 g/mol. The van der Waals surface area contributed by atoms with Crippen molar-refractivity contribution in [3.63, 3.8) is 0 Å². The summed E-state index contributed by atoms with van der Waals surface area (Å²) in [7, 11) is -1.62. The first-order chi connectivity index (χ1) is 9.53. The summed E-state index contributed by atoms with van der Waals surface area (Å²) in [5, 5.41) is 5.00. The van der Waals surface area contributed by atoms with Gasteiger partial charge >= 0.3 is 0 Å². The van der Waals surface area contributed by atoms with Crippen LogP contribution in [-0.2, 0) is 23.0 Å². The molecule has 0 saturated carbocycles. The van der Waals surface area contributed by atoms with E-state index in [4.69, 9.17) is 0 Å². The number of nitrogens with one attached hydrogen (secondary N) is 2. The minimum Gasteiger partial charge on any atom is -0.315 e. The number of rotatable bonds is 7. The van der Waals surface area contributed by atoms with Crippen LogP contribution in [0.15, 0.2) is 32.3 Å². The smallest absolute Gasteiger partial charge is 0.242 e. The zero-order valence-corrected chi connectivity index (χ0v) is 14.9. The Bertz CT molecular complexity index is 650. The van der Waals surface area contributed by atoms with Gasteiger partial charge in [-0.05, 0) is 46.9 Å². The van der Waals surface area contributed by atoms with Crippen LogP contribution in [0.1, 0.15) is 9.75 Å². The first-order valence-corrected chi connectivity index (χ1v) is 9.95. The lowest BCUT2D eigenvalue weighted by Gasteiger charge is -2.04. The highest BCUT2D eigenvalue weighted by Crippen LogP contribution is 2.31. The van der Waals surface area contributed by atoms with Crippen molar-refractivity contribution >= 4 is 48.6 Å². The zero-order chi connectivity index (χ0) is 14.6. The molecule has 0 aliphatic carbocycles. The second kappa shape index (κ2) is 7.15. The van der Waals surface area contributed by atoms with Crippen molar-refractivity contribution in [3.8, 4) is 0 Å². The highest BCUT2D eigenvalue weighted by Gasteiger charge is 2.20. The van der Waals surface area contributed by atoms with Crippen molar-refractivity contribution in [1.29, 1.82) is 0 Å². The topological polar surface area (TPSA) is 58.2 Å². The van der Waals surface area contributed by atoms with Crippen molar-refractivity contribution in [1.82, 2.24) is 10.0 Å². The average Bonchev–Trinajstić information content (AvgIpc) is 2.99. The molecule has 0 saturated heterocycles. The van der Waals surface area contributed by atoms with Crippen LogP contribution >= 0.6 is 38.6 Å². The molecule has 0 amide bonds. The molecule has 4 nitrogen and oxygen atoms in total. The van der Waals surface area contributed by atoms with Crippen molar-refractivity contribution < 1.29 is 8.42 Å². The lowest BCUT2D eigenvalue weighted by Crippen LogP contribution is -2.25. The van der Waals surface area contributed by atoms with Gasteiger partial charge in [0.25, 0.3) is 0 Å². The first kappa shape index (κ1) is 16.1. The fourth-order valence-corrected chi connectivity index (χ4v) is 6.12. The minimum absolute atomic E-state index is 0.318. The van der Waals surface area contributed by atoms with Gasteiger partial charge < -0.3 is 5.32 Å². The first-order valence-electron chi connectivity index (χ1n) is 5.98. The van der Waals surface area contributed by atoms with Gasteiger partial charge in [-0.3, -0.25) is 0 Å². The number of hydrogen-bond acceptors (Lipinski definition) is 5. The molecule has 0 fully saturated rings. The summed E-state index contributed by atoms with van der Waals surface area (Å²) < 4.78 is 27.8. The van der Waals surface area contributed by atoms with Gasteiger partial charge in [0.15, 0.2) is 0 Å². The Morgan fingerprint density at radius 1 is 1.35 bits per heavy atom. The lowest BCUT2D eigenvalue weighted by molar-refractivity contribution is 0.581. The number of thiophene rings is 2. The van der Waals surface area contributed by atoms with E-state index < -0.39 is 10.0 Å². The summed E-state index contributed by atoms with van der Waals surface area (Å²) in [4.78, 5) is 2.48. The summed E-state index contributed by atoms with van der Waals surface area (Å²) in [6, 6.07) is 5.68. The molecule has 2 rings (SSSR count). The third kappa shape index (κ3) is 4.12. The standard InChI is InChI=1S/C12H15BrN2O2S3/c1-14-8-10-7-11(12(13)19-10)20(16,17)15-5-4-9-3-2-6-18-9/h2-3,6-7,14-15H,4-5,8H2,1H3. The van der Waals surface area contributed by atoms with Crippen LogP contribution in [0, 0.1) is 0 Å². The molecular formula is C12H15BrN2O2S3. The van der Waals surface area contributed by atoms with E-state index in [1.165, 1.54) is 16.2 Å².